The van der Waals surface area contributed by atoms with Crippen LogP contribution in [0.3, 0.4) is 0 Å². The molecule has 154 valence electrons. The van der Waals surface area contributed by atoms with Crippen molar-refractivity contribution >= 4 is 23.5 Å². The largest absolute Gasteiger partial charge is 0.493 e. The number of carboxylic acids is 1. The number of hydrogen-bond donors (Lipinski definition) is 2. The molecule has 0 spiro atoms. The molecule has 0 saturated heterocycles. The fourth-order valence-electron chi connectivity index (χ4n) is 3.05. The molecule has 3 aromatic rings. The third kappa shape index (κ3) is 5.39. The molecule has 0 fully saturated rings. The Kier molecular flexibility index (Phi) is 7.09. The van der Waals surface area contributed by atoms with Crippen LogP contribution in [0.5, 0.6) is 5.75 Å². The van der Waals surface area contributed by atoms with Crippen molar-refractivity contribution in [2.75, 3.05) is 13.2 Å². The molecular weight excluding hydrogens is 402 g/mol. The topological polar surface area (TPSA) is 75.6 Å². The molecule has 0 bridgehead atoms. The van der Waals surface area contributed by atoms with Crippen LogP contribution in [0.4, 0.5) is 0 Å². The summed E-state index contributed by atoms with van der Waals surface area (Å²) in [5.74, 6) is -0.654. The molecule has 0 heterocycles. The number of rotatable bonds is 8. The lowest BCUT2D eigenvalue weighted by molar-refractivity contribution is 0.0696. The van der Waals surface area contributed by atoms with E-state index in [1.807, 2.05) is 31.2 Å². The van der Waals surface area contributed by atoms with Gasteiger partial charge in [0, 0.05) is 11.6 Å². The Morgan fingerprint density at radius 3 is 2.20 bits per heavy atom. The van der Waals surface area contributed by atoms with E-state index >= 15 is 0 Å². The summed E-state index contributed by atoms with van der Waals surface area (Å²) >= 11 is 6.02. The summed E-state index contributed by atoms with van der Waals surface area (Å²) in [6.45, 7) is 2.80. The van der Waals surface area contributed by atoms with Crippen LogP contribution in [-0.4, -0.2) is 30.1 Å². The zero-order valence-corrected chi connectivity index (χ0v) is 17.3. The zero-order valence-electron chi connectivity index (χ0n) is 16.5. The maximum atomic E-state index is 12.5. The Hall–Kier alpha value is -3.31. The molecule has 3 aromatic carbocycles. The second-order valence-corrected chi connectivity index (χ2v) is 7.10. The van der Waals surface area contributed by atoms with Crippen molar-refractivity contribution in [3.8, 4) is 16.9 Å². The van der Waals surface area contributed by atoms with Crippen LogP contribution in [0.15, 0.2) is 66.7 Å². The van der Waals surface area contributed by atoms with Gasteiger partial charge in [-0.05, 0) is 60.4 Å². The van der Waals surface area contributed by atoms with Crippen LogP contribution in [0.25, 0.3) is 11.1 Å². The highest BCUT2D eigenvalue weighted by Crippen LogP contribution is 2.23. The quantitative estimate of drug-likeness (QED) is 0.530. The predicted molar refractivity (Wildman–Crippen MR) is 117 cm³/mol. The molecule has 5 nitrogen and oxygen atoms in total. The van der Waals surface area contributed by atoms with Gasteiger partial charge in [0.2, 0.25) is 0 Å². The van der Waals surface area contributed by atoms with Gasteiger partial charge >= 0.3 is 5.97 Å². The maximum absolute atomic E-state index is 12.5. The normalized spacial score (nSPS) is 10.5. The van der Waals surface area contributed by atoms with Crippen molar-refractivity contribution in [2.24, 2.45) is 0 Å². The van der Waals surface area contributed by atoms with E-state index in [4.69, 9.17) is 21.4 Å². The van der Waals surface area contributed by atoms with Crippen LogP contribution in [0.1, 0.15) is 33.2 Å². The van der Waals surface area contributed by atoms with E-state index in [2.05, 4.69) is 5.32 Å². The van der Waals surface area contributed by atoms with Crippen molar-refractivity contribution in [2.45, 2.75) is 13.3 Å². The van der Waals surface area contributed by atoms with Crippen LogP contribution in [-0.2, 0) is 6.42 Å². The fraction of sp³-hybridized carbons (Fsp3) is 0.167. The van der Waals surface area contributed by atoms with Gasteiger partial charge in [-0.25, -0.2) is 4.79 Å². The molecule has 0 saturated carbocycles. The summed E-state index contributed by atoms with van der Waals surface area (Å²) in [6, 6.07) is 19.7. The van der Waals surface area contributed by atoms with Crippen LogP contribution >= 0.6 is 11.6 Å². The number of ether oxygens (including phenoxy) is 1. The number of carbonyl (C=O) groups is 2. The summed E-state index contributed by atoms with van der Waals surface area (Å²) < 4.78 is 5.50. The van der Waals surface area contributed by atoms with Gasteiger partial charge in [0.05, 0.1) is 17.7 Å². The van der Waals surface area contributed by atoms with Crippen molar-refractivity contribution in [1.82, 2.24) is 5.32 Å². The third-order valence-electron chi connectivity index (χ3n) is 4.60. The van der Waals surface area contributed by atoms with E-state index in [9.17, 15) is 9.59 Å². The Bertz CT molecular complexity index is 1030. The summed E-state index contributed by atoms with van der Waals surface area (Å²) in [4.78, 5) is 23.5. The van der Waals surface area contributed by atoms with Gasteiger partial charge in [0.1, 0.15) is 5.75 Å². The number of nitrogens with one attached hydrogen (secondary N) is 1. The first-order chi connectivity index (χ1) is 14.5. The lowest BCUT2D eigenvalue weighted by Crippen LogP contribution is -2.26. The lowest BCUT2D eigenvalue weighted by Gasteiger charge is -2.11. The van der Waals surface area contributed by atoms with Crippen molar-refractivity contribution < 1.29 is 19.4 Å². The summed E-state index contributed by atoms with van der Waals surface area (Å²) in [5, 5.41) is 12.4. The molecule has 0 aliphatic heterocycles. The zero-order chi connectivity index (χ0) is 21.5. The molecule has 0 aliphatic carbocycles. The van der Waals surface area contributed by atoms with Gasteiger partial charge in [-0.3, -0.25) is 4.79 Å². The minimum atomic E-state index is -0.940. The lowest BCUT2D eigenvalue weighted by atomic mass is 10.0. The highest BCUT2D eigenvalue weighted by atomic mass is 35.5. The van der Waals surface area contributed by atoms with Gasteiger partial charge in [0.15, 0.2) is 0 Å². The van der Waals surface area contributed by atoms with Gasteiger partial charge in [0.25, 0.3) is 5.91 Å². The fourth-order valence-corrected chi connectivity index (χ4v) is 3.22. The standard InChI is InChI=1S/C24H22ClNO4/c1-2-30-22-12-11-20(25)15-21(22)23(27)26-14-13-16-3-5-17(6-4-16)18-7-9-19(10-8-18)24(28)29/h3-12,15H,2,13-14H2,1H3,(H,26,27)(H,28,29). The SMILES string of the molecule is CCOc1ccc(Cl)cc1C(=O)NCCc1ccc(-c2ccc(C(=O)O)cc2)cc1. The Labute approximate surface area is 180 Å². The molecule has 30 heavy (non-hydrogen) atoms. The highest BCUT2D eigenvalue weighted by molar-refractivity contribution is 6.31. The number of benzene rings is 3. The Balaban J connectivity index is 1.58. The summed E-state index contributed by atoms with van der Waals surface area (Å²) in [6.07, 6.45) is 0.675. The van der Waals surface area contributed by atoms with E-state index in [-0.39, 0.29) is 11.5 Å². The van der Waals surface area contributed by atoms with E-state index in [0.29, 0.717) is 35.9 Å². The van der Waals surface area contributed by atoms with Gasteiger partial charge < -0.3 is 15.2 Å². The average Bonchev–Trinajstić information content (AvgIpc) is 2.75. The number of halogens is 1. The number of hydrogen-bond acceptors (Lipinski definition) is 3. The van der Waals surface area contributed by atoms with Gasteiger partial charge in [-0.15, -0.1) is 0 Å². The molecule has 2 N–H and O–H groups in total. The second-order valence-electron chi connectivity index (χ2n) is 6.66. The van der Waals surface area contributed by atoms with Gasteiger partial charge in [-0.1, -0.05) is 48.0 Å². The van der Waals surface area contributed by atoms with E-state index in [0.717, 1.165) is 16.7 Å². The van der Waals surface area contributed by atoms with Crippen LogP contribution < -0.4 is 10.1 Å². The number of amides is 1. The second kappa shape index (κ2) is 9.94. The van der Waals surface area contributed by atoms with Crippen LogP contribution in [0.2, 0.25) is 5.02 Å². The summed E-state index contributed by atoms with van der Waals surface area (Å²) in [5.41, 5.74) is 3.71. The molecule has 0 unspecified atom stereocenters. The minimum absolute atomic E-state index is 0.226. The molecule has 0 radical (unpaired) electrons. The smallest absolute Gasteiger partial charge is 0.335 e. The van der Waals surface area contributed by atoms with E-state index in [1.165, 1.54) is 0 Å². The van der Waals surface area contributed by atoms with Crippen molar-refractivity contribution in [1.29, 1.82) is 0 Å². The monoisotopic (exact) mass is 423 g/mol. The van der Waals surface area contributed by atoms with E-state index in [1.54, 1.807) is 42.5 Å². The number of aromatic carboxylic acids is 1. The molecule has 0 atom stereocenters. The first-order valence-corrected chi connectivity index (χ1v) is 9.99. The molecule has 6 heteroatoms. The van der Waals surface area contributed by atoms with Crippen LogP contribution in [0, 0.1) is 0 Å². The molecule has 3 rings (SSSR count). The number of carbonyl (C=O) groups excluding carboxylic acids is 1. The first kappa shape index (κ1) is 21.4. The predicted octanol–water partition coefficient (Wildman–Crippen LogP) is 5.08. The minimum Gasteiger partial charge on any atom is -0.493 e. The Morgan fingerprint density at radius 1 is 0.967 bits per heavy atom. The van der Waals surface area contributed by atoms with Crippen molar-refractivity contribution in [3.63, 3.8) is 0 Å². The van der Waals surface area contributed by atoms with Crippen molar-refractivity contribution in [3.05, 3.63) is 88.4 Å². The third-order valence-corrected chi connectivity index (χ3v) is 4.84. The molecule has 0 aromatic heterocycles. The van der Waals surface area contributed by atoms with E-state index < -0.39 is 5.97 Å². The number of carboxylic acid groups (broad SMARTS) is 1. The molecule has 1 amide bonds. The molecular formula is C24H22ClNO4. The van der Waals surface area contributed by atoms with Gasteiger partial charge in [-0.2, -0.15) is 0 Å². The summed E-state index contributed by atoms with van der Waals surface area (Å²) in [7, 11) is 0. The first-order valence-electron chi connectivity index (χ1n) is 9.61. The Morgan fingerprint density at radius 2 is 1.60 bits per heavy atom. The average molecular weight is 424 g/mol. The maximum Gasteiger partial charge on any atom is 0.335 e. The highest BCUT2D eigenvalue weighted by Gasteiger charge is 2.13. The molecule has 0 aliphatic rings.